The summed E-state index contributed by atoms with van der Waals surface area (Å²) >= 11 is 0. The number of carbonyl (C=O) groups excluding carboxylic acids is 1. The van der Waals surface area contributed by atoms with Crippen LogP contribution in [0.1, 0.15) is 47.5 Å². The maximum atomic E-state index is 13.0. The van der Waals surface area contributed by atoms with Gasteiger partial charge in [-0.25, -0.2) is 14.8 Å². The van der Waals surface area contributed by atoms with E-state index in [0.717, 1.165) is 53.7 Å². The van der Waals surface area contributed by atoms with Gasteiger partial charge in [-0.15, -0.1) is 0 Å². The van der Waals surface area contributed by atoms with Crippen LogP contribution in [0.5, 0.6) is 0 Å². The van der Waals surface area contributed by atoms with E-state index >= 15 is 0 Å². The van der Waals surface area contributed by atoms with Gasteiger partial charge < -0.3 is 15.1 Å². The van der Waals surface area contributed by atoms with E-state index in [1.165, 1.54) is 24.8 Å². The van der Waals surface area contributed by atoms with Gasteiger partial charge in [-0.05, 0) is 57.2 Å². The number of aryl methyl sites for hydroxylation is 2. The molecule has 1 N–H and O–H groups in total. The molecule has 0 atom stereocenters. The third-order valence-electron chi connectivity index (χ3n) is 5.94. The normalized spacial score (nSPS) is 16.7. The second kappa shape index (κ2) is 7.78. The second-order valence-corrected chi connectivity index (χ2v) is 7.92. The van der Waals surface area contributed by atoms with Crippen molar-refractivity contribution in [3.63, 3.8) is 0 Å². The van der Waals surface area contributed by atoms with Crippen molar-refractivity contribution < 1.29 is 4.79 Å². The molecule has 148 valence electrons. The second-order valence-electron chi connectivity index (χ2n) is 7.92. The highest BCUT2D eigenvalue weighted by atomic mass is 16.2. The first-order valence-electron chi connectivity index (χ1n) is 10.3. The van der Waals surface area contributed by atoms with Gasteiger partial charge in [0.05, 0.1) is 12.2 Å². The molecule has 3 heterocycles. The summed E-state index contributed by atoms with van der Waals surface area (Å²) in [5.41, 5.74) is 5.39. The highest BCUT2D eigenvalue weighted by Crippen LogP contribution is 2.29. The minimum Gasteiger partial charge on any atom is -0.356 e. The van der Waals surface area contributed by atoms with Crippen LogP contribution in [-0.2, 0) is 13.0 Å². The lowest BCUT2D eigenvalue weighted by Gasteiger charge is -2.34. The standard InChI is InChI=1S/C22H29N5O/c1-15-8-7-9-19(16(15)2)25-22(28)27-13-10-20-18(14-27)21(24-17(3)23-20)26-11-5-4-6-12-26/h7-9H,4-6,10-14H2,1-3H3,(H,25,28). The van der Waals surface area contributed by atoms with Crippen molar-refractivity contribution in [1.82, 2.24) is 14.9 Å². The molecule has 28 heavy (non-hydrogen) atoms. The third-order valence-corrected chi connectivity index (χ3v) is 5.94. The fourth-order valence-corrected chi connectivity index (χ4v) is 4.14. The Bertz CT molecular complexity index is 889. The van der Waals surface area contributed by atoms with Crippen LogP contribution in [-0.4, -0.2) is 40.5 Å². The Balaban J connectivity index is 1.56. The topological polar surface area (TPSA) is 61.4 Å². The fraction of sp³-hybridized carbons (Fsp3) is 0.500. The monoisotopic (exact) mass is 379 g/mol. The van der Waals surface area contributed by atoms with E-state index in [2.05, 4.69) is 28.2 Å². The molecule has 0 spiro atoms. The van der Waals surface area contributed by atoms with Crippen LogP contribution in [0, 0.1) is 20.8 Å². The summed E-state index contributed by atoms with van der Waals surface area (Å²) in [6.45, 7) is 9.40. The summed E-state index contributed by atoms with van der Waals surface area (Å²) in [4.78, 5) is 26.7. The average Bonchev–Trinajstić information content (AvgIpc) is 2.71. The minimum absolute atomic E-state index is 0.0514. The molecular weight excluding hydrogens is 350 g/mol. The first-order chi connectivity index (χ1) is 13.5. The number of benzene rings is 1. The van der Waals surface area contributed by atoms with Crippen molar-refractivity contribution in [3.8, 4) is 0 Å². The van der Waals surface area contributed by atoms with Crippen molar-refractivity contribution >= 4 is 17.5 Å². The largest absolute Gasteiger partial charge is 0.356 e. The molecule has 1 fully saturated rings. The molecule has 1 saturated heterocycles. The Labute approximate surface area is 167 Å². The number of anilines is 2. The van der Waals surface area contributed by atoms with E-state index in [1.54, 1.807) is 0 Å². The van der Waals surface area contributed by atoms with E-state index in [1.807, 2.05) is 30.9 Å². The van der Waals surface area contributed by atoms with Gasteiger partial charge in [-0.3, -0.25) is 0 Å². The summed E-state index contributed by atoms with van der Waals surface area (Å²) in [6, 6.07) is 5.95. The number of nitrogens with zero attached hydrogens (tertiary/aromatic N) is 4. The number of fused-ring (bicyclic) bond motifs is 1. The van der Waals surface area contributed by atoms with Crippen molar-refractivity contribution in [2.75, 3.05) is 29.9 Å². The van der Waals surface area contributed by atoms with Crippen molar-refractivity contribution in [2.45, 2.75) is 53.0 Å². The van der Waals surface area contributed by atoms with Gasteiger partial charge in [0.1, 0.15) is 11.6 Å². The number of piperidine rings is 1. The van der Waals surface area contributed by atoms with E-state index in [4.69, 9.17) is 4.98 Å². The van der Waals surface area contributed by atoms with Gasteiger partial charge in [-0.1, -0.05) is 12.1 Å². The van der Waals surface area contributed by atoms with Crippen LogP contribution in [0.25, 0.3) is 0 Å². The lowest BCUT2D eigenvalue weighted by atomic mass is 10.0. The van der Waals surface area contributed by atoms with Crippen molar-refractivity contribution in [1.29, 1.82) is 0 Å². The van der Waals surface area contributed by atoms with Crippen molar-refractivity contribution in [3.05, 3.63) is 46.4 Å². The summed E-state index contributed by atoms with van der Waals surface area (Å²) in [6.07, 6.45) is 4.47. The molecule has 0 saturated carbocycles. The molecule has 6 heteroatoms. The van der Waals surface area contributed by atoms with E-state index in [9.17, 15) is 4.79 Å². The molecule has 0 radical (unpaired) electrons. The number of urea groups is 1. The quantitative estimate of drug-likeness (QED) is 0.857. The zero-order valence-electron chi connectivity index (χ0n) is 17.1. The predicted octanol–water partition coefficient (Wildman–Crippen LogP) is 3.98. The number of nitrogens with one attached hydrogen (secondary N) is 1. The molecule has 1 aromatic carbocycles. The third kappa shape index (κ3) is 3.68. The lowest BCUT2D eigenvalue weighted by Crippen LogP contribution is -2.41. The summed E-state index contributed by atoms with van der Waals surface area (Å²) < 4.78 is 0. The number of aromatic nitrogens is 2. The van der Waals surface area contributed by atoms with Gasteiger partial charge in [0.15, 0.2) is 0 Å². The summed E-state index contributed by atoms with van der Waals surface area (Å²) in [7, 11) is 0. The number of hydrogen-bond acceptors (Lipinski definition) is 4. The molecule has 2 aliphatic rings. The molecule has 2 aromatic rings. The van der Waals surface area contributed by atoms with Crippen LogP contribution in [0.2, 0.25) is 0 Å². The van der Waals surface area contributed by atoms with Gasteiger partial charge >= 0.3 is 6.03 Å². The number of amides is 2. The molecule has 4 rings (SSSR count). The van der Waals surface area contributed by atoms with Gasteiger partial charge in [-0.2, -0.15) is 0 Å². The van der Waals surface area contributed by atoms with Crippen LogP contribution < -0.4 is 10.2 Å². The number of carbonyl (C=O) groups is 1. The molecule has 0 aliphatic carbocycles. The fourth-order valence-electron chi connectivity index (χ4n) is 4.14. The lowest BCUT2D eigenvalue weighted by molar-refractivity contribution is 0.206. The highest BCUT2D eigenvalue weighted by molar-refractivity contribution is 5.90. The average molecular weight is 380 g/mol. The molecule has 2 amide bonds. The van der Waals surface area contributed by atoms with E-state index in [0.29, 0.717) is 13.1 Å². The highest BCUT2D eigenvalue weighted by Gasteiger charge is 2.28. The van der Waals surface area contributed by atoms with Crippen LogP contribution in [0.15, 0.2) is 18.2 Å². The molecule has 0 unspecified atom stereocenters. The Morgan fingerprint density at radius 2 is 1.82 bits per heavy atom. The molecule has 1 aromatic heterocycles. The Kier molecular flexibility index (Phi) is 5.20. The molecule has 2 aliphatic heterocycles. The zero-order valence-corrected chi connectivity index (χ0v) is 17.1. The minimum atomic E-state index is -0.0514. The van der Waals surface area contributed by atoms with Gasteiger partial charge in [0, 0.05) is 37.3 Å². The number of rotatable bonds is 2. The Hall–Kier alpha value is -2.63. The van der Waals surface area contributed by atoms with Crippen molar-refractivity contribution in [2.24, 2.45) is 0 Å². The SMILES string of the molecule is Cc1nc2c(c(N3CCCCC3)n1)CN(C(=O)Nc1cccc(C)c1C)CC2. The first-order valence-corrected chi connectivity index (χ1v) is 10.3. The van der Waals surface area contributed by atoms with E-state index < -0.39 is 0 Å². The van der Waals surface area contributed by atoms with Crippen LogP contribution in [0.4, 0.5) is 16.3 Å². The summed E-state index contributed by atoms with van der Waals surface area (Å²) in [5, 5.41) is 3.09. The van der Waals surface area contributed by atoms with E-state index in [-0.39, 0.29) is 6.03 Å². The zero-order chi connectivity index (χ0) is 19.7. The Morgan fingerprint density at radius 1 is 1.04 bits per heavy atom. The first kappa shape index (κ1) is 18.7. The maximum absolute atomic E-state index is 13.0. The van der Waals surface area contributed by atoms with Crippen LogP contribution in [0.3, 0.4) is 0 Å². The van der Waals surface area contributed by atoms with Gasteiger partial charge in [0.25, 0.3) is 0 Å². The Morgan fingerprint density at radius 3 is 2.61 bits per heavy atom. The van der Waals surface area contributed by atoms with Gasteiger partial charge in [0.2, 0.25) is 0 Å². The van der Waals surface area contributed by atoms with Crippen LogP contribution >= 0.6 is 0 Å². The maximum Gasteiger partial charge on any atom is 0.322 e. The molecule has 6 nitrogen and oxygen atoms in total. The predicted molar refractivity (Wildman–Crippen MR) is 112 cm³/mol. The summed E-state index contributed by atoms with van der Waals surface area (Å²) in [5.74, 6) is 1.86. The number of hydrogen-bond donors (Lipinski definition) is 1. The smallest absolute Gasteiger partial charge is 0.322 e. The molecular formula is C22H29N5O. The molecule has 0 bridgehead atoms.